The number of rotatable bonds is 2. The molecule has 4 nitrogen and oxygen atoms in total. The van der Waals surface area contributed by atoms with Crippen LogP contribution in [0.2, 0.25) is 0 Å². The van der Waals surface area contributed by atoms with E-state index in [1.165, 1.54) is 12.8 Å². The Kier molecular flexibility index (Phi) is 1.58. The summed E-state index contributed by atoms with van der Waals surface area (Å²) in [5.74, 6) is 0. The molecule has 0 spiro atoms. The second kappa shape index (κ2) is 2.78. The normalized spacial score (nSPS) is 16.4. The fourth-order valence-electron chi connectivity index (χ4n) is 1.67. The average molecular weight is 189 g/mol. The van der Waals surface area contributed by atoms with Crippen LogP contribution in [0.3, 0.4) is 0 Å². The van der Waals surface area contributed by atoms with Gasteiger partial charge in [0, 0.05) is 0 Å². The molecule has 1 fully saturated rings. The molecule has 1 N–H and O–H groups in total. The van der Waals surface area contributed by atoms with E-state index in [2.05, 4.69) is 10.3 Å². The number of aromatic nitrogens is 3. The number of aliphatic hydroxyl groups excluding tert-OH is 1. The lowest BCUT2D eigenvalue weighted by Crippen LogP contribution is -1.96. The number of aliphatic hydroxyl groups is 1. The summed E-state index contributed by atoms with van der Waals surface area (Å²) in [6.07, 6.45) is 2.39. The molecule has 0 bridgehead atoms. The van der Waals surface area contributed by atoms with Gasteiger partial charge in [0.05, 0.1) is 18.2 Å². The highest BCUT2D eigenvalue weighted by atomic mass is 16.3. The number of hydrogen-bond donors (Lipinski definition) is 1. The van der Waals surface area contributed by atoms with Gasteiger partial charge in [-0.05, 0) is 30.5 Å². The second-order valence-corrected chi connectivity index (χ2v) is 3.75. The number of nitrogens with zero attached hydrogens (tertiary/aromatic N) is 3. The summed E-state index contributed by atoms with van der Waals surface area (Å²) >= 11 is 0. The van der Waals surface area contributed by atoms with Gasteiger partial charge in [0.15, 0.2) is 0 Å². The molecule has 0 radical (unpaired) electrons. The second-order valence-electron chi connectivity index (χ2n) is 3.75. The van der Waals surface area contributed by atoms with E-state index in [9.17, 15) is 0 Å². The van der Waals surface area contributed by atoms with Crippen LogP contribution in [-0.2, 0) is 6.61 Å². The number of benzene rings is 1. The van der Waals surface area contributed by atoms with Crippen molar-refractivity contribution >= 4 is 11.0 Å². The molecule has 2 aromatic rings. The van der Waals surface area contributed by atoms with E-state index >= 15 is 0 Å². The molecule has 14 heavy (non-hydrogen) atoms. The molecule has 1 aromatic heterocycles. The predicted molar refractivity (Wildman–Crippen MR) is 51.7 cm³/mol. The molecular weight excluding hydrogens is 178 g/mol. The largest absolute Gasteiger partial charge is 0.392 e. The maximum Gasteiger partial charge on any atom is 0.113 e. The van der Waals surface area contributed by atoms with Crippen molar-refractivity contribution in [3.63, 3.8) is 0 Å². The lowest BCUT2D eigenvalue weighted by molar-refractivity contribution is 0.282. The first-order chi connectivity index (χ1) is 6.88. The van der Waals surface area contributed by atoms with E-state index in [4.69, 9.17) is 5.11 Å². The molecule has 4 heteroatoms. The summed E-state index contributed by atoms with van der Waals surface area (Å²) < 4.78 is 1.97. The van der Waals surface area contributed by atoms with Gasteiger partial charge in [-0.3, -0.25) is 0 Å². The van der Waals surface area contributed by atoms with E-state index in [-0.39, 0.29) is 6.61 Å². The van der Waals surface area contributed by atoms with Crippen LogP contribution >= 0.6 is 0 Å². The SMILES string of the molecule is OCc1ccc2nnn(C3CC3)c2c1. The Morgan fingerprint density at radius 2 is 2.29 bits per heavy atom. The first kappa shape index (κ1) is 7.94. The molecule has 1 aliphatic rings. The zero-order valence-corrected chi connectivity index (χ0v) is 7.72. The monoisotopic (exact) mass is 189 g/mol. The van der Waals surface area contributed by atoms with Gasteiger partial charge in [0.2, 0.25) is 0 Å². The van der Waals surface area contributed by atoms with Crippen molar-refractivity contribution in [1.82, 2.24) is 15.0 Å². The Labute approximate surface area is 81.2 Å². The summed E-state index contributed by atoms with van der Waals surface area (Å²) in [5.41, 5.74) is 2.87. The molecule has 0 saturated heterocycles. The molecule has 0 aliphatic heterocycles. The van der Waals surface area contributed by atoms with Gasteiger partial charge in [-0.1, -0.05) is 11.3 Å². The molecule has 72 valence electrons. The van der Waals surface area contributed by atoms with E-state index < -0.39 is 0 Å². The van der Waals surface area contributed by atoms with Crippen molar-refractivity contribution in [2.75, 3.05) is 0 Å². The molecule has 1 aliphatic carbocycles. The van der Waals surface area contributed by atoms with Crippen LogP contribution in [0.1, 0.15) is 24.4 Å². The van der Waals surface area contributed by atoms with Crippen molar-refractivity contribution in [3.05, 3.63) is 23.8 Å². The first-order valence-corrected chi connectivity index (χ1v) is 4.83. The van der Waals surface area contributed by atoms with Crippen molar-refractivity contribution in [1.29, 1.82) is 0 Å². The molecular formula is C10H11N3O. The molecule has 0 amide bonds. The quantitative estimate of drug-likeness (QED) is 0.773. The predicted octanol–water partition coefficient (Wildman–Crippen LogP) is 1.26. The van der Waals surface area contributed by atoms with Crippen molar-refractivity contribution in [2.45, 2.75) is 25.5 Å². The zero-order chi connectivity index (χ0) is 9.54. The number of fused-ring (bicyclic) bond motifs is 1. The smallest absolute Gasteiger partial charge is 0.113 e. The van der Waals surface area contributed by atoms with E-state index in [1.807, 2.05) is 22.9 Å². The van der Waals surface area contributed by atoms with Gasteiger partial charge in [-0.25, -0.2) is 4.68 Å². The van der Waals surface area contributed by atoms with Crippen LogP contribution in [0.15, 0.2) is 18.2 Å². The van der Waals surface area contributed by atoms with E-state index in [1.54, 1.807) is 0 Å². The molecule has 1 saturated carbocycles. The topological polar surface area (TPSA) is 50.9 Å². The third kappa shape index (κ3) is 1.11. The Morgan fingerprint density at radius 3 is 3.00 bits per heavy atom. The highest BCUT2D eigenvalue weighted by molar-refractivity contribution is 5.75. The van der Waals surface area contributed by atoms with Crippen LogP contribution in [0.25, 0.3) is 11.0 Å². The summed E-state index contributed by atoms with van der Waals surface area (Å²) in [4.78, 5) is 0. The van der Waals surface area contributed by atoms with Gasteiger partial charge in [0.25, 0.3) is 0 Å². The maximum atomic E-state index is 9.03. The van der Waals surface area contributed by atoms with Gasteiger partial charge in [-0.15, -0.1) is 5.10 Å². The van der Waals surface area contributed by atoms with Crippen molar-refractivity contribution in [3.8, 4) is 0 Å². The van der Waals surface area contributed by atoms with Crippen LogP contribution in [0.4, 0.5) is 0 Å². The maximum absolute atomic E-state index is 9.03. The summed E-state index contributed by atoms with van der Waals surface area (Å²) in [6.45, 7) is 0.0752. The van der Waals surface area contributed by atoms with Crippen LogP contribution in [0.5, 0.6) is 0 Å². The first-order valence-electron chi connectivity index (χ1n) is 4.83. The van der Waals surface area contributed by atoms with Gasteiger partial charge >= 0.3 is 0 Å². The average Bonchev–Trinajstić information content (AvgIpc) is 2.98. The fourth-order valence-corrected chi connectivity index (χ4v) is 1.67. The summed E-state index contributed by atoms with van der Waals surface area (Å²) in [6, 6.07) is 6.29. The fraction of sp³-hybridized carbons (Fsp3) is 0.400. The van der Waals surface area contributed by atoms with E-state index in [0.717, 1.165) is 16.6 Å². The molecule has 0 atom stereocenters. The van der Waals surface area contributed by atoms with Crippen LogP contribution < -0.4 is 0 Å². The van der Waals surface area contributed by atoms with Gasteiger partial charge in [0.1, 0.15) is 5.52 Å². The van der Waals surface area contributed by atoms with E-state index in [0.29, 0.717) is 6.04 Å². The third-order valence-corrected chi connectivity index (χ3v) is 2.61. The Bertz CT molecular complexity index is 473. The Hall–Kier alpha value is -1.42. The lowest BCUT2D eigenvalue weighted by atomic mass is 10.2. The Morgan fingerprint density at radius 1 is 1.43 bits per heavy atom. The molecule has 0 unspecified atom stereocenters. The van der Waals surface area contributed by atoms with Crippen molar-refractivity contribution < 1.29 is 5.11 Å². The molecule has 3 rings (SSSR count). The summed E-state index contributed by atoms with van der Waals surface area (Å²) in [5, 5.41) is 17.2. The third-order valence-electron chi connectivity index (χ3n) is 2.61. The van der Waals surface area contributed by atoms with Crippen LogP contribution in [-0.4, -0.2) is 20.1 Å². The Balaban J connectivity index is 2.20. The van der Waals surface area contributed by atoms with Gasteiger partial charge in [-0.2, -0.15) is 0 Å². The minimum absolute atomic E-state index is 0.0752. The standard InChI is InChI=1S/C10H11N3O/c14-6-7-1-4-9-10(5-7)13(12-11-9)8-2-3-8/h1,4-5,8,14H,2-3,6H2. The van der Waals surface area contributed by atoms with Crippen molar-refractivity contribution in [2.24, 2.45) is 0 Å². The minimum atomic E-state index is 0.0752. The number of hydrogen-bond acceptors (Lipinski definition) is 3. The van der Waals surface area contributed by atoms with Gasteiger partial charge < -0.3 is 5.11 Å². The highest BCUT2D eigenvalue weighted by Gasteiger charge is 2.26. The van der Waals surface area contributed by atoms with Crippen LogP contribution in [0, 0.1) is 0 Å². The minimum Gasteiger partial charge on any atom is -0.392 e. The molecule has 1 aromatic carbocycles. The summed E-state index contributed by atoms with van der Waals surface area (Å²) in [7, 11) is 0. The molecule has 1 heterocycles. The lowest BCUT2D eigenvalue weighted by Gasteiger charge is -1.99. The zero-order valence-electron chi connectivity index (χ0n) is 7.72. The highest BCUT2D eigenvalue weighted by Crippen LogP contribution is 2.36.